The molecule has 1 aliphatic heterocycles. The van der Waals surface area contributed by atoms with Crippen molar-refractivity contribution in [3.63, 3.8) is 0 Å². The second-order valence-electron chi connectivity index (χ2n) is 4.36. The Labute approximate surface area is 109 Å². The van der Waals surface area contributed by atoms with Crippen LogP contribution in [0, 0.1) is 6.92 Å². The van der Waals surface area contributed by atoms with Gasteiger partial charge in [-0.15, -0.1) is 11.3 Å². The highest BCUT2D eigenvalue weighted by Gasteiger charge is 2.22. The number of nitrogens with one attached hydrogen (secondary N) is 2. The summed E-state index contributed by atoms with van der Waals surface area (Å²) in [5.41, 5.74) is 3.50. The summed E-state index contributed by atoms with van der Waals surface area (Å²) in [6.07, 6.45) is 2.43. The highest BCUT2D eigenvalue weighted by Crippen LogP contribution is 2.35. The fourth-order valence-corrected chi connectivity index (χ4v) is 3.45. The molecule has 90 valence electrons. The lowest BCUT2D eigenvalue weighted by Gasteiger charge is -2.08. The van der Waals surface area contributed by atoms with Crippen molar-refractivity contribution in [2.75, 3.05) is 6.54 Å². The Balaban J connectivity index is 1.97. The van der Waals surface area contributed by atoms with Crippen molar-refractivity contribution in [2.45, 2.75) is 25.8 Å². The van der Waals surface area contributed by atoms with Crippen LogP contribution in [0.2, 0.25) is 4.34 Å². The maximum Gasteiger partial charge on any atom is 0.105 e. The van der Waals surface area contributed by atoms with Crippen molar-refractivity contribution >= 4 is 22.9 Å². The van der Waals surface area contributed by atoms with E-state index < -0.39 is 0 Å². The van der Waals surface area contributed by atoms with E-state index in [-0.39, 0.29) is 0 Å². The van der Waals surface area contributed by atoms with Gasteiger partial charge < -0.3 is 5.32 Å². The normalized spacial score (nSPS) is 20.0. The number of H-pyrrole nitrogens is 1. The molecule has 2 aromatic rings. The van der Waals surface area contributed by atoms with Crippen molar-refractivity contribution in [1.82, 2.24) is 15.5 Å². The van der Waals surface area contributed by atoms with Crippen LogP contribution in [0.15, 0.2) is 12.1 Å². The van der Waals surface area contributed by atoms with Gasteiger partial charge >= 0.3 is 0 Å². The molecule has 0 saturated carbocycles. The maximum atomic E-state index is 5.96. The van der Waals surface area contributed by atoms with E-state index >= 15 is 0 Å². The van der Waals surface area contributed by atoms with Crippen LogP contribution in [0.25, 0.3) is 10.6 Å². The van der Waals surface area contributed by atoms with Crippen LogP contribution >= 0.6 is 22.9 Å². The molecule has 0 aromatic carbocycles. The lowest BCUT2D eigenvalue weighted by Crippen LogP contribution is -2.14. The van der Waals surface area contributed by atoms with Crippen molar-refractivity contribution in [2.24, 2.45) is 0 Å². The Morgan fingerprint density at radius 3 is 3.00 bits per heavy atom. The molecular weight excluding hydrogens is 254 g/mol. The van der Waals surface area contributed by atoms with Crippen molar-refractivity contribution in [3.05, 3.63) is 27.7 Å². The number of nitrogens with zero attached hydrogens (tertiary/aromatic N) is 1. The third kappa shape index (κ3) is 2.01. The predicted molar refractivity (Wildman–Crippen MR) is 71.6 cm³/mol. The van der Waals surface area contributed by atoms with E-state index in [1.54, 1.807) is 11.3 Å². The molecular formula is C12H14ClN3S. The molecule has 0 radical (unpaired) electrons. The minimum Gasteiger partial charge on any atom is -0.309 e. The molecule has 5 heteroatoms. The Morgan fingerprint density at radius 1 is 1.47 bits per heavy atom. The largest absolute Gasteiger partial charge is 0.309 e. The van der Waals surface area contributed by atoms with Crippen LogP contribution in [0.4, 0.5) is 0 Å². The topological polar surface area (TPSA) is 40.7 Å². The van der Waals surface area contributed by atoms with Gasteiger partial charge in [0.25, 0.3) is 0 Å². The molecule has 0 amide bonds. The first-order valence-electron chi connectivity index (χ1n) is 5.79. The molecule has 1 saturated heterocycles. The van der Waals surface area contributed by atoms with Gasteiger partial charge in [-0.05, 0) is 38.4 Å². The molecule has 3 heterocycles. The summed E-state index contributed by atoms with van der Waals surface area (Å²) in [7, 11) is 0. The molecule has 0 bridgehead atoms. The molecule has 1 atom stereocenters. The van der Waals surface area contributed by atoms with Gasteiger partial charge in [-0.1, -0.05) is 11.6 Å². The molecule has 3 nitrogen and oxygen atoms in total. The van der Waals surface area contributed by atoms with E-state index in [1.807, 2.05) is 12.1 Å². The van der Waals surface area contributed by atoms with Crippen LogP contribution in [-0.2, 0) is 0 Å². The second-order valence-corrected chi connectivity index (χ2v) is 6.08. The zero-order valence-corrected chi connectivity index (χ0v) is 11.2. The number of aromatic amines is 1. The molecule has 1 fully saturated rings. The average Bonchev–Trinajstić information content (AvgIpc) is 2.98. The summed E-state index contributed by atoms with van der Waals surface area (Å²) in [6, 6.07) is 4.39. The number of thiophene rings is 1. The Bertz CT molecular complexity index is 526. The van der Waals surface area contributed by atoms with Crippen molar-refractivity contribution < 1.29 is 0 Å². The molecule has 1 unspecified atom stereocenters. The Kier molecular flexibility index (Phi) is 2.94. The Morgan fingerprint density at radius 2 is 2.35 bits per heavy atom. The second kappa shape index (κ2) is 4.44. The summed E-state index contributed by atoms with van der Waals surface area (Å²) in [5.74, 6) is 0. The van der Waals surface area contributed by atoms with Gasteiger partial charge in [-0.25, -0.2) is 0 Å². The van der Waals surface area contributed by atoms with Crippen molar-refractivity contribution in [1.29, 1.82) is 0 Å². The fraction of sp³-hybridized carbons (Fsp3) is 0.417. The lowest BCUT2D eigenvalue weighted by atomic mass is 10.1. The van der Waals surface area contributed by atoms with E-state index in [9.17, 15) is 0 Å². The minimum atomic E-state index is 0.437. The molecule has 3 rings (SSSR count). The van der Waals surface area contributed by atoms with Gasteiger partial charge in [0.1, 0.15) is 5.69 Å². The van der Waals surface area contributed by atoms with Gasteiger partial charge in [0.2, 0.25) is 0 Å². The maximum absolute atomic E-state index is 5.96. The molecule has 17 heavy (non-hydrogen) atoms. The van der Waals surface area contributed by atoms with Crippen LogP contribution in [0.5, 0.6) is 0 Å². The first kappa shape index (κ1) is 11.3. The highest BCUT2D eigenvalue weighted by molar-refractivity contribution is 7.19. The van der Waals surface area contributed by atoms with E-state index in [4.69, 9.17) is 11.6 Å². The standard InChI is InChI=1S/C12H14ClN3S/c1-7-11(8-3-2-6-14-8)15-16-12(7)9-4-5-10(13)17-9/h4-5,8,14H,2-3,6H2,1H3,(H,15,16). The molecule has 2 aromatic heterocycles. The average molecular weight is 268 g/mol. The first-order valence-corrected chi connectivity index (χ1v) is 6.99. The van der Waals surface area contributed by atoms with Crippen LogP contribution < -0.4 is 5.32 Å². The van der Waals surface area contributed by atoms with Crippen molar-refractivity contribution in [3.8, 4) is 10.6 Å². The molecule has 0 aliphatic carbocycles. The first-order chi connectivity index (χ1) is 8.25. The number of halogens is 1. The van der Waals surface area contributed by atoms with Crippen LogP contribution in [0.3, 0.4) is 0 Å². The molecule has 0 spiro atoms. The van der Waals surface area contributed by atoms with Gasteiger partial charge in [-0.3, -0.25) is 5.10 Å². The third-order valence-electron chi connectivity index (χ3n) is 3.26. The quantitative estimate of drug-likeness (QED) is 0.874. The van der Waals surface area contributed by atoms with Gasteiger partial charge in [-0.2, -0.15) is 5.10 Å². The smallest absolute Gasteiger partial charge is 0.105 e. The van der Waals surface area contributed by atoms with Crippen LogP contribution in [0.1, 0.15) is 30.1 Å². The van der Waals surface area contributed by atoms with E-state index in [2.05, 4.69) is 22.4 Å². The zero-order chi connectivity index (χ0) is 11.8. The summed E-state index contributed by atoms with van der Waals surface area (Å²) in [6.45, 7) is 3.23. The van der Waals surface area contributed by atoms with E-state index in [0.717, 1.165) is 21.5 Å². The number of aromatic nitrogens is 2. The number of hydrogen-bond donors (Lipinski definition) is 2. The van der Waals surface area contributed by atoms with E-state index in [0.29, 0.717) is 6.04 Å². The number of hydrogen-bond acceptors (Lipinski definition) is 3. The zero-order valence-electron chi connectivity index (χ0n) is 9.59. The summed E-state index contributed by atoms with van der Waals surface area (Å²) < 4.78 is 0.808. The molecule has 1 aliphatic rings. The van der Waals surface area contributed by atoms with Gasteiger partial charge in [0.05, 0.1) is 14.9 Å². The number of rotatable bonds is 2. The monoisotopic (exact) mass is 267 g/mol. The van der Waals surface area contributed by atoms with Gasteiger partial charge in [0.15, 0.2) is 0 Å². The van der Waals surface area contributed by atoms with Gasteiger partial charge in [0, 0.05) is 11.6 Å². The SMILES string of the molecule is Cc1c(-c2ccc(Cl)s2)n[nH]c1C1CCCN1. The summed E-state index contributed by atoms with van der Waals surface area (Å²) in [5, 5.41) is 11.1. The minimum absolute atomic E-state index is 0.437. The highest BCUT2D eigenvalue weighted by atomic mass is 35.5. The summed E-state index contributed by atoms with van der Waals surface area (Å²) >= 11 is 7.54. The summed E-state index contributed by atoms with van der Waals surface area (Å²) in [4.78, 5) is 1.13. The predicted octanol–water partition coefficient (Wildman–Crippen LogP) is 3.52. The fourth-order valence-electron chi connectivity index (χ4n) is 2.36. The third-order valence-corrected chi connectivity index (χ3v) is 4.50. The molecule has 2 N–H and O–H groups in total. The van der Waals surface area contributed by atoms with E-state index in [1.165, 1.54) is 24.1 Å². The van der Waals surface area contributed by atoms with Crippen LogP contribution in [-0.4, -0.2) is 16.7 Å². The Hall–Kier alpha value is -0.840. The lowest BCUT2D eigenvalue weighted by molar-refractivity contribution is 0.622.